The van der Waals surface area contributed by atoms with E-state index in [1.807, 2.05) is 32.9 Å². The lowest BCUT2D eigenvalue weighted by Gasteiger charge is -2.32. The Kier molecular flexibility index (Phi) is 5.73. The maximum Gasteiger partial charge on any atom is 0.311 e. The quantitative estimate of drug-likeness (QED) is 0.421. The fraction of sp³-hybridized carbons (Fsp3) is 0.647. The van der Waals surface area contributed by atoms with Gasteiger partial charge in [0.05, 0.1) is 12.0 Å². The Morgan fingerprint density at radius 2 is 2.20 bits per heavy atom. The van der Waals surface area contributed by atoms with Crippen LogP contribution in [0.25, 0.3) is 0 Å². The van der Waals surface area contributed by atoms with Gasteiger partial charge in [0.15, 0.2) is 5.78 Å². The predicted octanol–water partition coefficient (Wildman–Crippen LogP) is 3.84. The number of carbonyl (C=O) groups excluding carboxylic acids is 2. The number of hydrogen-bond acceptors (Lipinski definition) is 3. The molecule has 3 nitrogen and oxygen atoms in total. The van der Waals surface area contributed by atoms with E-state index in [-0.39, 0.29) is 17.2 Å². The first-order chi connectivity index (χ1) is 9.29. The van der Waals surface area contributed by atoms with Crippen molar-refractivity contribution in [3.8, 4) is 0 Å². The number of esters is 1. The molecule has 0 aromatic carbocycles. The van der Waals surface area contributed by atoms with Crippen molar-refractivity contribution in [2.24, 2.45) is 10.8 Å². The van der Waals surface area contributed by atoms with Gasteiger partial charge >= 0.3 is 5.97 Å². The first-order valence-electron chi connectivity index (χ1n) is 7.29. The largest absolute Gasteiger partial charge is 0.465 e. The molecule has 0 aromatic rings. The summed E-state index contributed by atoms with van der Waals surface area (Å²) >= 11 is 0. The summed E-state index contributed by atoms with van der Waals surface area (Å²) in [5.74, 6) is 0.0356. The lowest BCUT2D eigenvalue weighted by atomic mass is 9.73. The summed E-state index contributed by atoms with van der Waals surface area (Å²) in [6.45, 7) is 9.80. The summed E-state index contributed by atoms with van der Waals surface area (Å²) in [7, 11) is 0. The summed E-state index contributed by atoms with van der Waals surface area (Å²) in [5.41, 5.74) is -0.431. The van der Waals surface area contributed by atoms with Crippen LogP contribution >= 0.6 is 0 Å². The molecule has 0 aromatic heterocycles. The first-order valence-corrected chi connectivity index (χ1v) is 7.29. The Hall–Kier alpha value is -1.38. The highest BCUT2D eigenvalue weighted by molar-refractivity contribution is 5.90. The minimum Gasteiger partial charge on any atom is -0.465 e. The van der Waals surface area contributed by atoms with E-state index < -0.39 is 5.41 Å². The molecule has 3 heteroatoms. The molecule has 0 bridgehead atoms. The zero-order chi connectivity index (χ0) is 15.2. The van der Waals surface area contributed by atoms with Gasteiger partial charge in [-0.2, -0.15) is 0 Å². The lowest BCUT2D eigenvalue weighted by molar-refractivity contribution is -0.153. The van der Waals surface area contributed by atoms with Crippen molar-refractivity contribution in [2.45, 2.75) is 52.9 Å². The van der Waals surface area contributed by atoms with Gasteiger partial charge in [0.25, 0.3) is 0 Å². The second-order valence-corrected chi connectivity index (χ2v) is 6.64. The number of carbonyl (C=O) groups is 2. The van der Waals surface area contributed by atoms with Crippen LogP contribution in [0, 0.1) is 10.8 Å². The second-order valence-electron chi connectivity index (χ2n) is 6.64. The molecule has 0 spiro atoms. The molecule has 0 aliphatic heterocycles. The molecular formula is C17H26O3. The van der Waals surface area contributed by atoms with E-state index in [9.17, 15) is 9.59 Å². The molecule has 0 amide bonds. The van der Waals surface area contributed by atoms with Crippen LogP contribution in [0.3, 0.4) is 0 Å². The van der Waals surface area contributed by atoms with Crippen LogP contribution in [0.4, 0.5) is 0 Å². The van der Waals surface area contributed by atoms with E-state index in [2.05, 4.69) is 6.58 Å². The van der Waals surface area contributed by atoms with Crippen molar-refractivity contribution < 1.29 is 14.3 Å². The van der Waals surface area contributed by atoms with Crippen molar-refractivity contribution in [1.82, 2.24) is 0 Å². The average molecular weight is 278 g/mol. The van der Waals surface area contributed by atoms with Gasteiger partial charge < -0.3 is 4.74 Å². The van der Waals surface area contributed by atoms with E-state index >= 15 is 0 Å². The number of allylic oxidation sites excluding steroid dienone is 3. The molecule has 0 radical (unpaired) electrons. The smallest absolute Gasteiger partial charge is 0.311 e. The van der Waals surface area contributed by atoms with Crippen molar-refractivity contribution in [1.29, 1.82) is 0 Å². The highest BCUT2D eigenvalue weighted by Crippen LogP contribution is 2.38. The molecule has 1 aliphatic carbocycles. The third kappa shape index (κ3) is 4.95. The average Bonchev–Trinajstić information content (AvgIpc) is 2.37. The Bertz CT molecular complexity index is 401. The zero-order valence-corrected chi connectivity index (χ0v) is 12.9. The Labute approximate surface area is 122 Å². The van der Waals surface area contributed by atoms with Crippen LogP contribution < -0.4 is 0 Å². The van der Waals surface area contributed by atoms with Crippen LogP contribution in [0.5, 0.6) is 0 Å². The first kappa shape index (κ1) is 16.7. The van der Waals surface area contributed by atoms with Gasteiger partial charge in [-0.3, -0.25) is 9.59 Å². The van der Waals surface area contributed by atoms with E-state index in [1.54, 1.807) is 6.08 Å². The molecule has 0 heterocycles. The van der Waals surface area contributed by atoms with Crippen molar-refractivity contribution in [2.75, 3.05) is 6.61 Å². The van der Waals surface area contributed by atoms with Gasteiger partial charge in [0, 0.05) is 6.42 Å². The highest BCUT2D eigenvalue weighted by Gasteiger charge is 2.29. The third-order valence-corrected chi connectivity index (χ3v) is 3.71. The summed E-state index contributed by atoms with van der Waals surface area (Å²) in [4.78, 5) is 23.0. The number of ether oxygens (including phenoxy) is 1. The van der Waals surface area contributed by atoms with E-state index in [0.717, 1.165) is 25.7 Å². The summed E-state index contributed by atoms with van der Waals surface area (Å²) in [5, 5.41) is 0. The number of ketones is 1. The molecule has 20 heavy (non-hydrogen) atoms. The van der Waals surface area contributed by atoms with Gasteiger partial charge in [0.2, 0.25) is 0 Å². The minimum atomic E-state index is -0.448. The molecule has 0 saturated heterocycles. The fourth-order valence-electron chi connectivity index (χ4n) is 2.38. The molecular weight excluding hydrogens is 252 g/mol. The Balaban J connectivity index is 2.45. The van der Waals surface area contributed by atoms with E-state index in [1.165, 1.54) is 0 Å². The number of hydrogen-bond donors (Lipinski definition) is 0. The summed E-state index contributed by atoms with van der Waals surface area (Å²) < 4.78 is 5.29. The number of rotatable bonds is 6. The Morgan fingerprint density at radius 1 is 1.50 bits per heavy atom. The molecule has 0 N–H and O–H groups in total. The molecule has 112 valence electrons. The van der Waals surface area contributed by atoms with Crippen LogP contribution in [-0.4, -0.2) is 18.4 Å². The Morgan fingerprint density at radius 3 is 2.70 bits per heavy atom. The van der Waals surface area contributed by atoms with Crippen molar-refractivity contribution in [3.63, 3.8) is 0 Å². The molecule has 1 atom stereocenters. The summed E-state index contributed by atoms with van der Waals surface area (Å²) in [6, 6.07) is 0. The topological polar surface area (TPSA) is 43.4 Å². The van der Waals surface area contributed by atoms with Gasteiger partial charge in [-0.05, 0) is 57.9 Å². The van der Waals surface area contributed by atoms with Gasteiger partial charge in [-0.15, -0.1) is 6.58 Å². The summed E-state index contributed by atoms with van der Waals surface area (Å²) in [6.07, 6.45) is 9.67. The zero-order valence-electron chi connectivity index (χ0n) is 12.9. The molecule has 1 aliphatic rings. The van der Waals surface area contributed by atoms with Crippen molar-refractivity contribution in [3.05, 3.63) is 24.8 Å². The van der Waals surface area contributed by atoms with Gasteiger partial charge in [0.1, 0.15) is 0 Å². The SMILES string of the molecule is C=CC[C@@]1(CCCOC(=O)C(C)(C)C)C=CC(=O)CC1. The van der Waals surface area contributed by atoms with Gasteiger partial charge in [-0.1, -0.05) is 12.2 Å². The molecule has 0 fully saturated rings. The molecule has 0 unspecified atom stereocenters. The monoisotopic (exact) mass is 278 g/mol. The predicted molar refractivity (Wildman–Crippen MR) is 80.3 cm³/mol. The fourth-order valence-corrected chi connectivity index (χ4v) is 2.38. The second kappa shape index (κ2) is 6.87. The standard InChI is InChI=1S/C17H26O3/c1-5-9-17(11-7-14(18)8-12-17)10-6-13-20-15(19)16(2,3)4/h5,7,11H,1,6,8-10,12-13H2,2-4H3/t17-/m1/s1. The highest BCUT2D eigenvalue weighted by atomic mass is 16.5. The van der Waals surface area contributed by atoms with E-state index in [4.69, 9.17) is 4.74 Å². The van der Waals surface area contributed by atoms with Crippen LogP contribution in [-0.2, 0) is 14.3 Å². The van der Waals surface area contributed by atoms with Crippen LogP contribution in [0.1, 0.15) is 52.9 Å². The third-order valence-electron chi connectivity index (χ3n) is 3.71. The molecule has 0 saturated carbocycles. The van der Waals surface area contributed by atoms with E-state index in [0.29, 0.717) is 13.0 Å². The molecule has 1 rings (SSSR count). The maximum absolute atomic E-state index is 11.7. The normalized spacial score (nSPS) is 22.6. The van der Waals surface area contributed by atoms with Crippen LogP contribution in [0.15, 0.2) is 24.8 Å². The lowest BCUT2D eigenvalue weighted by Crippen LogP contribution is -2.25. The van der Waals surface area contributed by atoms with Crippen molar-refractivity contribution >= 4 is 11.8 Å². The van der Waals surface area contributed by atoms with Crippen LogP contribution in [0.2, 0.25) is 0 Å². The minimum absolute atomic E-state index is 0.0177. The maximum atomic E-state index is 11.7. The van der Waals surface area contributed by atoms with Gasteiger partial charge in [-0.25, -0.2) is 0 Å².